The first-order valence-corrected chi connectivity index (χ1v) is 6.77. The molecule has 92 valence electrons. The van der Waals surface area contributed by atoms with Crippen LogP contribution in [-0.4, -0.2) is 37.6 Å². The molecule has 0 aromatic rings. The summed E-state index contributed by atoms with van der Waals surface area (Å²) in [6.45, 7) is 10.6. The Morgan fingerprint density at radius 2 is 2.12 bits per heavy atom. The van der Waals surface area contributed by atoms with Crippen LogP contribution in [0.1, 0.15) is 39.5 Å². The van der Waals surface area contributed by atoms with Crippen molar-refractivity contribution in [2.75, 3.05) is 32.7 Å². The van der Waals surface area contributed by atoms with E-state index < -0.39 is 0 Å². The van der Waals surface area contributed by atoms with E-state index in [1.807, 2.05) is 0 Å². The van der Waals surface area contributed by atoms with Crippen molar-refractivity contribution in [2.45, 2.75) is 39.5 Å². The number of nitrogens with one attached hydrogen (secondary N) is 1. The maximum absolute atomic E-state index is 3.59. The summed E-state index contributed by atoms with van der Waals surface area (Å²) < 4.78 is 0. The van der Waals surface area contributed by atoms with Crippen LogP contribution in [0, 0.1) is 5.41 Å². The van der Waals surface area contributed by atoms with Gasteiger partial charge in [0.25, 0.3) is 0 Å². The van der Waals surface area contributed by atoms with Crippen molar-refractivity contribution in [3.63, 3.8) is 0 Å². The molecule has 1 atom stereocenters. The first-order valence-electron chi connectivity index (χ1n) is 6.77. The van der Waals surface area contributed by atoms with Gasteiger partial charge in [-0.3, -0.25) is 4.90 Å². The predicted octanol–water partition coefficient (Wildman–Crippen LogP) is 2.42. The minimum atomic E-state index is 0.603. The Hall–Kier alpha value is -0.340. The minimum absolute atomic E-state index is 0.603. The second kappa shape index (κ2) is 5.33. The highest BCUT2D eigenvalue weighted by Gasteiger charge is 2.35. The summed E-state index contributed by atoms with van der Waals surface area (Å²) in [7, 11) is 0. The largest absolute Gasteiger partial charge is 0.316 e. The molecule has 0 radical (unpaired) electrons. The zero-order valence-electron chi connectivity index (χ0n) is 10.9. The highest BCUT2D eigenvalue weighted by Crippen LogP contribution is 2.35. The molecule has 0 saturated carbocycles. The second-order valence-corrected chi connectivity index (χ2v) is 5.90. The summed E-state index contributed by atoms with van der Waals surface area (Å²) in [5, 5.41) is 3.59. The average Bonchev–Trinajstić information content (AvgIpc) is 2.28. The third kappa shape index (κ3) is 3.08. The van der Waals surface area contributed by atoms with Gasteiger partial charge in [0.1, 0.15) is 0 Å². The monoisotopic (exact) mass is 222 g/mol. The van der Waals surface area contributed by atoms with E-state index in [4.69, 9.17) is 0 Å². The topological polar surface area (TPSA) is 15.3 Å². The lowest BCUT2D eigenvalue weighted by molar-refractivity contribution is 0.0719. The molecule has 2 aliphatic rings. The van der Waals surface area contributed by atoms with Gasteiger partial charge >= 0.3 is 0 Å². The maximum atomic E-state index is 3.59. The van der Waals surface area contributed by atoms with Gasteiger partial charge in [0.2, 0.25) is 0 Å². The van der Waals surface area contributed by atoms with Crippen LogP contribution < -0.4 is 5.32 Å². The standard InChI is InChI=1S/C14H26N2/c1-13(2)5-10-16-9-4-7-14(12-16)6-3-8-15-11-14/h5,15H,3-4,6-12H2,1-2H3. The fraction of sp³-hybridized carbons (Fsp3) is 0.857. The van der Waals surface area contributed by atoms with E-state index >= 15 is 0 Å². The molecular weight excluding hydrogens is 196 g/mol. The molecule has 1 unspecified atom stereocenters. The number of piperidine rings is 2. The van der Waals surface area contributed by atoms with Gasteiger partial charge in [0, 0.05) is 19.6 Å². The lowest BCUT2D eigenvalue weighted by Crippen LogP contribution is -2.51. The van der Waals surface area contributed by atoms with Crippen LogP contribution in [0.5, 0.6) is 0 Å². The molecule has 0 aromatic heterocycles. The van der Waals surface area contributed by atoms with Crippen molar-refractivity contribution in [2.24, 2.45) is 5.41 Å². The van der Waals surface area contributed by atoms with E-state index in [0.717, 1.165) is 6.54 Å². The van der Waals surface area contributed by atoms with Crippen molar-refractivity contribution >= 4 is 0 Å². The molecule has 0 aliphatic carbocycles. The van der Waals surface area contributed by atoms with Crippen molar-refractivity contribution in [3.8, 4) is 0 Å². The van der Waals surface area contributed by atoms with Crippen LogP contribution in [-0.2, 0) is 0 Å². The molecule has 2 nitrogen and oxygen atoms in total. The first-order chi connectivity index (χ1) is 7.70. The van der Waals surface area contributed by atoms with Crippen LogP contribution in [0.15, 0.2) is 11.6 Å². The molecule has 2 saturated heterocycles. The molecule has 2 aliphatic heterocycles. The molecule has 2 heterocycles. The lowest BCUT2D eigenvalue weighted by Gasteiger charge is -2.45. The smallest absolute Gasteiger partial charge is 0.0165 e. The van der Waals surface area contributed by atoms with Gasteiger partial charge in [0.05, 0.1) is 0 Å². The SMILES string of the molecule is CC(C)=CCN1CCCC2(CCCNC2)C1. The first kappa shape index (κ1) is 12.1. The van der Waals surface area contributed by atoms with E-state index in [9.17, 15) is 0 Å². The van der Waals surface area contributed by atoms with Crippen molar-refractivity contribution < 1.29 is 0 Å². The predicted molar refractivity (Wildman–Crippen MR) is 69.6 cm³/mol. The van der Waals surface area contributed by atoms with E-state index in [0.29, 0.717) is 5.41 Å². The Bertz CT molecular complexity index is 242. The highest BCUT2D eigenvalue weighted by molar-refractivity contribution is 4.98. The van der Waals surface area contributed by atoms with Crippen molar-refractivity contribution in [1.82, 2.24) is 10.2 Å². The number of hydrogen-bond acceptors (Lipinski definition) is 2. The van der Waals surface area contributed by atoms with Crippen LogP contribution in [0.3, 0.4) is 0 Å². The fourth-order valence-corrected chi connectivity index (χ4v) is 3.16. The Kier molecular flexibility index (Phi) is 4.04. The zero-order chi connectivity index (χ0) is 11.4. The van der Waals surface area contributed by atoms with Crippen LogP contribution >= 0.6 is 0 Å². The maximum Gasteiger partial charge on any atom is 0.0165 e. The third-order valence-corrected chi connectivity index (χ3v) is 4.06. The third-order valence-electron chi connectivity index (χ3n) is 4.06. The molecule has 2 rings (SSSR count). The molecule has 2 fully saturated rings. The number of likely N-dealkylation sites (tertiary alicyclic amines) is 1. The van der Waals surface area contributed by atoms with E-state index in [-0.39, 0.29) is 0 Å². The van der Waals surface area contributed by atoms with Gasteiger partial charge in [-0.15, -0.1) is 0 Å². The van der Waals surface area contributed by atoms with Gasteiger partial charge < -0.3 is 5.32 Å². The summed E-state index contributed by atoms with van der Waals surface area (Å²) in [5.41, 5.74) is 2.05. The molecule has 16 heavy (non-hydrogen) atoms. The fourth-order valence-electron chi connectivity index (χ4n) is 3.16. The summed E-state index contributed by atoms with van der Waals surface area (Å²) in [6.07, 6.45) is 8.00. The van der Waals surface area contributed by atoms with E-state index in [1.54, 1.807) is 0 Å². The van der Waals surface area contributed by atoms with Gasteiger partial charge in [-0.1, -0.05) is 11.6 Å². The average molecular weight is 222 g/mol. The van der Waals surface area contributed by atoms with Crippen LogP contribution in [0.25, 0.3) is 0 Å². The summed E-state index contributed by atoms with van der Waals surface area (Å²) in [6, 6.07) is 0. The molecule has 0 aromatic carbocycles. The summed E-state index contributed by atoms with van der Waals surface area (Å²) in [5.74, 6) is 0. The molecule has 1 N–H and O–H groups in total. The molecule has 0 amide bonds. The van der Waals surface area contributed by atoms with Gasteiger partial charge in [-0.25, -0.2) is 0 Å². The lowest BCUT2D eigenvalue weighted by atomic mass is 9.74. The Morgan fingerprint density at radius 3 is 2.81 bits per heavy atom. The number of allylic oxidation sites excluding steroid dienone is 1. The van der Waals surface area contributed by atoms with Gasteiger partial charge in [-0.2, -0.15) is 0 Å². The van der Waals surface area contributed by atoms with E-state index in [1.165, 1.54) is 57.4 Å². The summed E-state index contributed by atoms with van der Waals surface area (Å²) >= 11 is 0. The van der Waals surface area contributed by atoms with Crippen LogP contribution in [0.2, 0.25) is 0 Å². The number of hydrogen-bond donors (Lipinski definition) is 1. The highest BCUT2D eigenvalue weighted by atomic mass is 15.1. The molecular formula is C14H26N2. The Balaban J connectivity index is 1.90. The normalized spacial score (nSPS) is 31.6. The minimum Gasteiger partial charge on any atom is -0.316 e. The zero-order valence-corrected chi connectivity index (χ0v) is 10.9. The number of rotatable bonds is 2. The second-order valence-electron chi connectivity index (χ2n) is 5.90. The van der Waals surface area contributed by atoms with Crippen molar-refractivity contribution in [1.29, 1.82) is 0 Å². The Labute approximate surface area is 100 Å². The quantitative estimate of drug-likeness (QED) is 0.722. The molecule has 2 heteroatoms. The van der Waals surface area contributed by atoms with E-state index in [2.05, 4.69) is 30.1 Å². The molecule has 1 spiro atoms. The van der Waals surface area contributed by atoms with Gasteiger partial charge in [-0.05, 0) is 58.0 Å². The van der Waals surface area contributed by atoms with Crippen LogP contribution in [0.4, 0.5) is 0 Å². The van der Waals surface area contributed by atoms with Crippen molar-refractivity contribution in [3.05, 3.63) is 11.6 Å². The van der Waals surface area contributed by atoms with Gasteiger partial charge in [0.15, 0.2) is 0 Å². The summed E-state index contributed by atoms with van der Waals surface area (Å²) in [4.78, 5) is 2.64. The number of nitrogens with zero attached hydrogens (tertiary/aromatic N) is 1. The Morgan fingerprint density at radius 1 is 1.31 bits per heavy atom. The molecule has 0 bridgehead atoms.